The van der Waals surface area contributed by atoms with Crippen molar-refractivity contribution in [2.75, 3.05) is 36.5 Å². The first-order valence-electron chi connectivity index (χ1n) is 11.1. The number of hydrogen-bond acceptors (Lipinski definition) is 6. The molecule has 0 amide bonds. The van der Waals surface area contributed by atoms with E-state index in [1.807, 2.05) is 25.1 Å². The molecule has 2 aliphatic heterocycles. The molecule has 172 valence electrons. The summed E-state index contributed by atoms with van der Waals surface area (Å²) in [6, 6.07) is 6.81. The Morgan fingerprint density at radius 2 is 2.12 bits per heavy atom. The van der Waals surface area contributed by atoms with Crippen LogP contribution in [0, 0.1) is 11.7 Å². The Kier molecular flexibility index (Phi) is 5.39. The van der Waals surface area contributed by atoms with Crippen molar-refractivity contribution in [3.8, 4) is 5.75 Å². The van der Waals surface area contributed by atoms with Gasteiger partial charge in [-0.3, -0.25) is 4.79 Å². The molecule has 5 rings (SSSR count). The largest absolute Gasteiger partial charge is 0.487 e. The third-order valence-corrected chi connectivity index (χ3v) is 6.55. The molecule has 2 aliphatic rings. The normalized spacial score (nSPS) is 18.2. The maximum Gasteiger partial charge on any atom is 0.341 e. The van der Waals surface area contributed by atoms with E-state index < -0.39 is 17.2 Å². The lowest BCUT2D eigenvalue weighted by molar-refractivity contribution is 0.0694. The van der Waals surface area contributed by atoms with Crippen LogP contribution in [0.15, 0.2) is 41.5 Å². The van der Waals surface area contributed by atoms with Crippen molar-refractivity contribution in [2.24, 2.45) is 5.92 Å². The number of piperidine rings is 1. The Morgan fingerprint density at radius 1 is 1.33 bits per heavy atom. The lowest BCUT2D eigenvalue weighted by Crippen LogP contribution is -2.36. The van der Waals surface area contributed by atoms with Crippen molar-refractivity contribution < 1.29 is 19.0 Å². The Balaban J connectivity index is 1.40. The predicted octanol–water partition coefficient (Wildman–Crippen LogP) is 3.52. The number of carboxylic acid groups (broad SMARTS) is 1. The van der Waals surface area contributed by atoms with Crippen LogP contribution in [-0.2, 0) is 0 Å². The van der Waals surface area contributed by atoms with Crippen LogP contribution in [0.25, 0.3) is 10.9 Å². The van der Waals surface area contributed by atoms with Gasteiger partial charge in [0.1, 0.15) is 23.7 Å². The van der Waals surface area contributed by atoms with Gasteiger partial charge >= 0.3 is 5.97 Å². The average molecular weight is 452 g/mol. The molecule has 0 radical (unpaired) electrons. The standard InChI is InChI=1S/C24H25FN4O4/c1-14-13-33-23-20(18(25)10-16-21(23)29(14)12-17(22(16)30)24(31)32)27-11-15-5-8-28(9-6-15)19-4-2-3-7-26-19/h2-4,7,10,12,14-15,27H,5-6,8-9,11,13H2,1H3,(H,31,32)/t14-/m0/s1. The highest BCUT2D eigenvalue weighted by Crippen LogP contribution is 2.40. The molecule has 0 saturated carbocycles. The van der Waals surface area contributed by atoms with Gasteiger partial charge in [-0.05, 0) is 43.9 Å². The predicted molar refractivity (Wildman–Crippen MR) is 123 cm³/mol. The van der Waals surface area contributed by atoms with Crippen LogP contribution in [0.2, 0.25) is 0 Å². The van der Waals surface area contributed by atoms with Gasteiger partial charge in [-0.25, -0.2) is 14.2 Å². The van der Waals surface area contributed by atoms with Gasteiger partial charge in [-0.1, -0.05) is 6.07 Å². The molecule has 0 aliphatic carbocycles. The maximum absolute atomic E-state index is 15.1. The quantitative estimate of drug-likeness (QED) is 0.611. The molecule has 33 heavy (non-hydrogen) atoms. The van der Waals surface area contributed by atoms with E-state index in [2.05, 4.69) is 15.2 Å². The number of rotatable bonds is 5. The number of halogens is 1. The molecule has 0 bridgehead atoms. The minimum atomic E-state index is -1.33. The van der Waals surface area contributed by atoms with Crippen LogP contribution in [0.5, 0.6) is 5.75 Å². The zero-order valence-corrected chi connectivity index (χ0v) is 18.3. The Labute approximate surface area is 189 Å². The average Bonchev–Trinajstić information content (AvgIpc) is 2.82. The molecule has 2 aromatic heterocycles. The van der Waals surface area contributed by atoms with Crippen molar-refractivity contribution in [3.63, 3.8) is 0 Å². The molecule has 8 nitrogen and oxygen atoms in total. The number of ether oxygens (including phenoxy) is 1. The first kappa shape index (κ1) is 21.2. The van der Waals surface area contributed by atoms with Gasteiger partial charge in [0.15, 0.2) is 11.6 Å². The Hall–Kier alpha value is -3.62. The van der Waals surface area contributed by atoms with Crippen molar-refractivity contribution in [1.29, 1.82) is 0 Å². The van der Waals surface area contributed by atoms with Crippen LogP contribution in [0.1, 0.15) is 36.2 Å². The summed E-state index contributed by atoms with van der Waals surface area (Å²) >= 11 is 0. The highest BCUT2D eigenvalue weighted by Gasteiger charge is 2.28. The summed E-state index contributed by atoms with van der Waals surface area (Å²) < 4.78 is 22.7. The first-order valence-corrected chi connectivity index (χ1v) is 11.1. The van der Waals surface area contributed by atoms with Gasteiger partial charge < -0.3 is 24.6 Å². The molecular formula is C24H25FN4O4. The number of aromatic nitrogens is 2. The van der Waals surface area contributed by atoms with E-state index >= 15 is 4.39 Å². The van der Waals surface area contributed by atoms with E-state index in [0.29, 0.717) is 18.0 Å². The minimum absolute atomic E-state index is 0.0168. The lowest BCUT2D eigenvalue weighted by Gasteiger charge is -2.33. The van der Waals surface area contributed by atoms with Crippen LogP contribution in [0.4, 0.5) is 15.9 Å². The number of carbonyl (C=O) groups is 1. The van der Waals surface area contributed by atoms with E-state index in [1.54, 1.807) is 10.8 Å². The number of pyridine rings is 2. The zero-order valence-electron chi connectivity index (χ0n) is 18.3. The SMILES string of the molecule is C[C@H]1COc2c(NCC3CCN(c4ccccn4)CC3)c(F)cc3c(=O)c(C(=O)O)cn1c23. The summed E-state index contributed by atoms with van der Waals surface area (Å²) in [6.07, 6.45) is 5.01. The van der Waals surface area contributed by atoms with Crippen molar-refractivity contribution in [2.45, 2.75) is 25.8 Å². The first-order chi connectivity index (χ1) is 15.9. The molecular weight excluding hydrogens is 427 g/mol. The molecule has 1 atom stereocenters. The highest BCUT2D eigenvalue weighted by molar-refractivity contribution is 5.97. The van der Waals surface area contributed by atoms with Gasteiger partial charge in [0.05, 0.1) is 16.9 Å². The number of aromatic carboxylic acids is 1. The summed E-state index contributed by atoms with van der Waals surface area (Å²) in [6.45, 7) is 4.45. The second-order valence-electron chi connectivity index (χ2n) is 8.70. The maximum atomic E-state index is 15.1. The molecule has 1 saturated heterocycles. The Bertz CT molecular complexity index is 1270. The van der Waals surface area contributed by atoms with Crippen LogP contribution in [-0.4, -0.2) is 46.9 Å². The van der Waals surface area contributed by atoms with E-state index in [9.17, 15) is 14.7 Å². The van der Waals surface area contributed by atoms with Gasteiger partial charge in [0.25, 0.3) is 0 Å². The molecule has 1 fully saturated rings. The molecule has 2 N–H and O–H groups in total. The molecule has 9 heteroatoms. The van der Waals surface area contributed by atoms with E-state index in [-0.39, 0.29) is 35.0 Å². The third-order valence-electron chi connectivity index (χ3n) is 6.55. The molecule has 0 unspecified atom stereocenters. The fourth-order valence-electron chi connectivity index (χ4n) is 4.70. The van der Waals surface area contributed by atoms with Gasteiger partial charge in [-0.15, -0.1) is 0 Å². The summed E-state index contributed by atoms with van der Waals surface area (Å²) in [5.41, 5.74) is -0.433. The van der Waals surface area contributed by atoms with E-state index in [1.165, 1.54) is 6.20 Å². The summed E-state index contributed by atoms with van der Waals surface area (Å²) in [4.78, 5) is 30.9. The van der Waals surface area contributed by atoms with Crippen LogP contribution >= 0.6 is 0 Å². The number of carboxylic acids is 1. The lowest BCUT2D eigenvalue weighted by atomic mass is 9.96. The van der Waals surface area contributed by atoms with Crippen molar-refractivity contribution in [3.05, 3.63) is 58.3 Å². The number of anilines is 2. The van der Waals surface area contributed by atoms with Gasteiger partial charge in [0.2, 0.25) is 5.43 Å². The van der Waals surface area contributed by atoms with Gasteiger partial charge in [0, 0.05) is 32.0 Å². The fourth-order valence-corrected chi connectivity index (χ4v) is 4.70. The second kappa shape index (κ2) is 8.38. The summed E-state index contributed by atoms with van der Waals surface area (Å²) in [7, 11) is 0. The zero-order chi connectivity index (χ0) is 23.1. The molecule has 4 heterocycles. The monoisotopic (exact) mass is 452 g/mol. The van der Waals surface area contributed by atoms with Crippen molar-refractivity contribution in [1.82, 2.24) is 9.55 Å². The van der Waals surface area contributed by atoms with E-state index in [0.717, 1.165) is 37.8 Å². The summed E-state index contributed by atoms with van der Waals surface area (Å²) in [5, 5.41) is 12.6. The molecule has 0 spiro atoms. The van der Waals surface area contributed by atoms with Crippen molar-refractivity contribution >= 4 is 28.4 Å². The summed E-state index contributed by atoms with van der Waals surface area (Å²) in [5.74, 6) is -0.362. The number of nitrogens with one attached hydrogen (secondary N) is 1. The third kappa shape index (κ3) is 3.77. The minimum Gasteiger partial charge on any atom is -0.487 e. The van der Waals surface area contributed by atoms with Crippen LogP contribution in [0.3, 0.4) is 0 Å². The molecule has 1 aromatic carbocycles. The van der Waals surface area contributed by atoms with Crippen LogP contribution < -0.4 is 20.4 Å². The smallest absolute Gasteiger partial charge is 0.341 e. The topological polar surface area (TPSA) is 96.7 Å². The molecule has 3 aromatic rings. The number of benzene rings is 1. The Morgan fingerprint density at radius 3 is 2.82 bits per heavy atom. The number of nitrogens with zero attached hydrogens (tertiary/aromatic N) is 3. The highest BCUT2D eigenvalue weighted by atomic mass is 19.1. The van der Waals surface area contributed by atoms with E-state index in [4.69, 9.17) is 4.74 Å². The number of hydrogen-bond donors (Lipinski definition) is 2. The fraction of sp³-hybridized carbons (Fsp3) is 0.375. The second-order valence-corrected chi connectivity index (χ2v) is 8.70. The van der Waals surface area contributed by atoms with Gasteiger partial charge in [-0.2, -0.15) is 0 Å².